The van der Waals surface area contributed by atoms with Gasteiger partial charge in [-0.2, -0.15) is 0 Å². The molecule has 0 saturated heterocycles. The van der Waals surface area contributed by atoms with Gasteiger partial charge in [0.2, 0.25) is 0 Å². The van der Waals surface area contributed by atoms with Crippen molar-refractivity contribution in [3.05, 3.63) is 175 Å². The molecule has 0 radical (unpaired) electrons. The van der Waals surface area contributed by atoms with Crippen molar-refractivity contribution in [1.29, 1.82) is 0 Å². The van der Waals surface area contributed by atoms with Gasteiger partial charge in [-0.15, -0.1) is 0 Å². The van der Waals surface area contributed by atoms with Gasteiger partial charge < -0.3 is 4.90 Å². The molecule has 1 nitrogen and oxygen atoms in total. The van der Waals surface area contributed by atoms with Crippen molar-refractivity contribution >= 4 is 27.8 Å². The fraction of sp³-hybridized carbons (Fsp3) is 0.200. The molecule has 246 valence electrons. The van der Waals surface area contributed by atoms with Crippen LogP contribution in [0.3, 0.4) is 0 Å². The molecule has 0 aliphatic heterocycles. The SMILES string of the molecule is c1ccc(-c2cccc(N(c3ccc(-c4ccc5c(c4)C4(c6ccccc6-5)C5CC6CC(C5)CC4C6)cc3)c3cccc4ccccc34)c2)cc1. The van der Waals surface area contributed by atoms with Gasteiger partial charge in [0, 0.05) is 22.2 Å². The molecule has 0 atom stereocenters. The lowest BCUT2D eigenvalue weighted by Crippen LogP contribution is -2.55. The first-order valence-electron chi connectivity index (χ1n) is 19.0. The molecule has 7 aromatic carbocycles. The Hall–Kier alpha value is -5.40. The molecule has 4 fully saturated rings. The van der Waals surface area contributed by atoms with Crippen LogP contribution in [0, 0.1) is 23.7 Å². The topological polar surface area (TPSA) is 3.24 Å². The summed E-state index contributed by atoms with van der Waals surface area (Å²) in [4.78, 5) is 2.43. The third-order valence-electron chi connectivity index (χ3n) is 13.2. The smallest absolute Gasteiger partial charge is 0.0540 e. The first-order valence-corrected chi connectivity index (χ1v) is 19.0. The summed E-state index contributed by atoms with van der Waals surface area (Å²) in [6.45, 7) is 0. The van der Waals surface area contributed by atoms with Gasteiger partial charge in [-0.1, -0.05) is 127 Å². The molecule has 5 aliphatic carbocycles. The number of hydrogen-bond acceptors (Lipinski definition) is 1. The Bertz CT molecular complexity index is 2400. The Morgan fingerprint density at radius 2 is 1.02 bits per heavy atom. The minimum atomic E-state index is 0.185. The molecule has 1 spiro atoms. The quantitative estimate of drug-likeness (QED) is 0.178. The number of nitrogens with zero attached hydrogens (tertiary/aromatic N) is 1. The first-order chi connectivity index (χ1) is 25.2. The van der Waals surface area contributed by atoms with Gasteiger partial charge in [-0.05, 0) is 142 Å². The molecule has 0 unspecified atom stereocenters. The minimum Gasteiger partial charge on any atom is -0.310 e. The van der Waals surface area contributed by atoms with Gasteiger partial charge in [0.1, 0.15) is 0 Å². The van der Waals surface area contributed by atoms with Crippen molar-refractivity contribution in [2.75, 3.05) is 4.90 Å². The molecule has 4 bridgehead atoms. The monoisotopic (exact) mass is 655 g/mol. The summed E-state index contributed by atoms with van der Waals surface area (Å²) in [6.07, 6.45) is 7.13. The largest absolute Gasteiger partial charge is 0.310 e. The fourth-order valence-electron chi connectivity index (χ4n) is 11.4. The standard InChI is InChI=1S/C50H41N/c1-2-10-35(11-3-1)38-14-8-15-43(31-38)51(49-19-9-13-37-12-4-5-16-44(37)49)42-23-20-36(21-24-42)39-22-25-46-45-17-6-7-18-47(45)50(48(46)32-39)40-27-33-26-34(29-40)30-41(50)28-33/h1-25,31-34,40-41H,26-30H2. The Morgan fingerprint density at radius 1 is 0.412 bits per heavy atom. The van der Waals surface area contributed by atoms with Gasteiger partial charge in [0.05, 0.1) is 5.69 Å². The van der Waals surface area contributed by atoms with Crippen LogP contribution in [0.2, 0.25) is 0 Å². The second-order valence-corrected chi connectivity index (χ2v) is 15.8. The van der Waals surface area contributed by atoms with E-state index in [4.69, 9.17) is 0 Å². The van der Waals surface area contributed by atoms with Crippen LogP contribution >= 0.6 is 0 Å². The van der Waals surface area contributed by atoms with Crippen LogP contribution in [-0.4, -0.2) is 0 Å². The van der Waals surface area contributed by atoms with E-state index in [2.05, 4.69) is 169 Å². The highest BCUT2D eigenvalue weighted by Crippen LogP contribution is 2.69. The fourth-order valence-corrected chi connectivity index (χ4v) is 11.4. The Morgan fingerprint density at radius 3 is 1.84 bits per heavy atom. The van der Waals surface area contributed by atoms with Crippen LogP contribution in [0.4, 0.5) is 17.1 Å². The number of anilines is 3. The predicted molar refractivity (Wildman–Crippen MR) is 213 cm³/mol. The average Bonchev–Trinajstić information content (AvgIpc) is 3.48. The zero-order valence-corrected chi connectivity index (χ0v) is 28.9. The van der Waals surface area contributed by atoms with Crippen molar-refractivity contribution in [2.45, 2.75) is 37.5 Å². The molecular formula is C50H41N. The van der Waals surface area contributed by atoms with E-state index in [-0.39, 0.29) is 5.41 Å². The molecule has 51 heavy (non-hydrogen) atoms. The molecule has 0 heterocycles. The van der Waals surface area contributed by atoms with E-state index in [1.54, 1.807) is 11.1 Å². The predicted octanol–water partition coefficient (Wildman–Crippen LogP) is 13.4. The van der Waals surface area contributed by atoms with Crippen molar-refractivity contribution in [2.24, 2.45) is 23.7 Å². The molecule has 12 rings (SSSR count). The summed E-state index contributed by atoms with van der Waals surface area (Å²) in [6, 6.07) is 61.3. The normalized spacial score (nSPS) is 23.8. The number of hydrogen-bond donors (Lipinski definition) is 0. The Balaban J connectivity index is 1.02. The maximum atomic E-state index is 2.61. The zero-order chi connectivity index (χ0) is 33.5. The molecule has 5 aliphatic rings. The molecule has 7 aromatic rings. The van der Waals surface area contributed by atoms with Gasteiger partial charge in [-0.25, -0.2) is 0 Å². The molecule has 0 amide bonds. The Kier molecular flexibility index (Phi) is 6.50. The summed E-state index contributed by atoms with van der Waals surface area (Å²) < 4.78 is 0. The lowest BCUT2D eigenvalue weighted by Gasteiger charge is -2.61. The number of rotatable bonds is 5. The van der Waals surface area contributed by atoms with Gasteiger partial charge in [0.25, 0.3) is 0 Å². The maximum Gasteiger partial charge on any atom is 0.0540 e. The lowest BCUT2D eigenvalue weighted by molar-refractivity contribution is -0.0399. The zero-order valence-electron chi connectivity index (χ0n) is 28.9. The van der Waals surface area contributed by atoms with Gasteiger partial charge in [-0.3, -0.25) is 0 Å². The van der Waals surface area contributed by atoms with E-state index in [1.807, 2.05) is 0 Å². The first kappa shape index (κ1) is 29.3. The van der Waals surface area contributed by atoms with E-state index >= 15 is 0 Å². The summed E-state index contributed by atoms with van der Waals surface area (Å²) >= 11 is 0. The molecule has 1 heteroatoms. The summed E-state index contributed by atoms with van der Waals surface area (Å²) in [5.74, 6) is 3.44. The van der Waals surface area contributed by atoms with E-state index in [0.29, 0.717) is 0 Å². The highest BCUT2D eigenvalue weighted by Gasteiger charge is 2.61. The second kappa shape index (κ2) is 11.3. The van der Waals surface area contributed by atoms with Crippen LogP contribution in [0.1, 0.15) is 43.2 Å². The lowest BCUT2D eigenvalue weighted by atomic mass is 9.43. The van der Waals surface area contributed by atoms with Crippen molar-refractivity contribution in [1.82, 2.24) is 0 Å². The highest BCUT2D eigenvalue weighted by atomic mass is 15.1. The summed E-state index contributed by atoms with van der Waals surface area (Å²) in [7, 11) is 0. The second-order valence-electron chi connectivity index (χ2n) is 15.8. The van der Waals surface area contributed by atoms with Crippen LogP contribution in [0.5, 0.6) is 0 Å². The van der Waals surface area contributed by atoms with Crippen LogP contribution < -0.4 is 4.90 Å². The van der Waals surface area contributed by atoms with Crippen molar-refractivity contribution < 1.29 is 0 Å². The third-order valence-corrected chi connectivity index (χ3v) is 13.2. The molecule has 4 saturated carbocycles. The van der Waals surface area contributed by atoms with Crippen molar-refractivity contribution in [3.8, 4) is 33.4 Å². The van der Waals surface area contributed by atoms with E-state index < -0.39 is 0 Å². The van der Waals surface area contributed by atoms with Crippen molar-refractivity contribution in [3.63, 3.8) is 0 Å². The third kappa shape index (κ3) is 4.40. The van der Waals surface area contributed by atoms with Crippen LogP contribution in [0.15, 0.2) is 164 Å². The maximum absolute atomic E-state index is 2.61. The van der Waals surface area contributed by atoms with E-state index in [0.717, 1.165) is 35.0 Å². The number of benzene rings is 7. The number of fused-ring (bicyclic) bond motifs is 4. The van der Waals surface area contributed by atoms with E-state index in [9.17, 15) is 0 Å². The Labute approximate surface area is 301 Å². The molecule has 0 aromatic heterocycles. The van der Waals surface area contributed by atoms with E-state index in [1.165, 1.54) is 81.9 Å². The van der Waals surface area contributed by atoms with Gasteiger partial charge in [0.15, 0.2) is 0 Å². The molecule has 0 N–H and O–H groups in total. The van der Waals surface area contributed by atoms with Crippen LogP contribution in [-0.2, 0) is 5.41 Å². The van der Waals surface area contributed by atoms with Crippen LogP contribution in [0.25, 0.3) is 44.2 Å². The highest BCUT2D eigenvalue weighted by molar-refractivity contribution is 5.99. The summed E-state index contributed by atoms with van der Waals surface area (Å²) in [5, 5.41) is 2.49. The molecular weight excluding hydrogens is 615 g/mol. The summed E-state index contributed by atoms with van der Waals surface area (Å²) in [5.41, 5.74) is 15.0. The van der Waals surface area contributed by atoms with Gasteiger partial charge >= 0.3 is 0 Å². The average molecular weight is 656 g/mol. The minimum absolute atomic E-state index is 0.185.